The van der Waals surface area contributed by atoms with Crippen LogP contribution in [0, 0.1) is 0 Å². The zero-order chi connectivity index (χ0) is 16.5. The van der Waals surface area contributed by atoms with Crippen LogP contribution in [0.15, 0.2) is 24.3 Å². The maximum Gasteiger partial charge on any atom is 0.123 e. The number of hydrogen-bond donors (Lipinski definition) is 2. The molecule has 1 aliphatic rings. The van der Waals surface area contributed by atoms with Gasteiger partial charge in [0.05, 0.1) is 5.60 Å². The van der Waals surface area contributed by atoms with Gasteiger partial charge in [-0.1, -0.05) is 37.5 Å². The van der Waals surface area contributed by atoms with Crippen molar-refractivity contribution < 1.29 is 14.2 Å². The zero-order valence-corrected chi connectivity index (χ0v) is 15.4. The highest BCUT2D eigenvalue weighted by molar-refractivity contribution is 5.85. The van der Waals surface area contributed by atoms with E-state index in [1.165, 1.54) is 6.42 Å². The Bertz CT molecular complexity index is 466. The third-order valence-corrected chi connectivity index (χ3v) is 4.72. The second-order valence-corrected chi connectivity index (χ2v) is 6.75. The molecule has 5 heteroatoms. The van der Waals surface area contributed by atoms with Crippen molar-refractivity contribution in [3.63, 3.8) is 0 Å². The van der Waals surface area contributed by atoms with Gasteiger partial charge in [-0.05, 0) is 44.2 Å². The first kappa shape index (κ1) is 21.2. The Hall–Kier alpha value is -0.840. The third kappa shape index (κ3) is 6.96. The molecule has 0 aromatic heterocycles. The second kappa shape index (κ2) is 10.9. The number of alkyl halides is 1. The SMILES string of the molecule is CC(CCc1ccccc1OCCF)NCC1(O)CCCCC1.Cl. The molecule has 1 aliphatic carbocycles. The molecule has 1 aromatic carbocycles. The third-order valence-electron chi connectivity index (χ3n) is 4.72. The summed E-state index contributed by atoms with van der Waals surface area (Å²) in [7, 11) is 0. The zero-order valence-electron chi connectivity index (χ0n) is 14.6. The lowest BCUT2D eigenvalue weighted by Crippen LogP contribution is -2.45. The molecule has 1 fully saturated rings. The van der Waals surface area contributed by atoms with Gasteiger partial charge in [0.25, 0.3) is 0 Å². The van der Waals surface area contributed by atoms with E-state index in [0.717, 1.165) is 49.8 Å². The highest BCUT2D eigenvalue weighted by Gasteiger charge is 2.28. The topological polar surface area (TPSA) is 41.5 Å². The normalized spacial score (nSPS) is 17.8. The Balaban J connectivity index is 0.00000288. The molecule has 24 heavy (non-hydrogen) atoms. The molecule has 0 heterocycles. The quantitative estimate of drug-likeness (QED) is 0.698. The van der Waals surface area contributed by atoms with Gasteiger partial charge in [0, 0.05) is 12.6 Å². The highest BCUT2D eigenvalue weighted by atomic mass is 35.5. The fraction of sp³-hybridized carbons (Fsp3) is 0.684. The number of hydrogen-bond acceptors (Lipinski definition) is 3. The highest BCUT2D eigenvalue weighted by Crippen LogP contribution is 2.27. The molecule has 0 amide bonds. The van der Waals surface area contributed by atoms with E-state index in [4.69, 9.17) is 4.74 Å². The minimum Gasteiger partial charge on any atom is -0.491 e. The van der Waals surface area contributed by atoms with Crippen LogP contribution in [-0.2, 0) is 6.42 Å². The van der Waals surface area contributed by atoms with Crippen LogP contribution in [-0.4, -0.2) is 36.6 Å². The van der Waals surface area contributed by atoms with Crippen molar-refractivity contribution in [3.05, 3.63) is 29.8 Å². The van der Waals surface area contributed by atoms with Gasteiger partial charge in [-0.2, -0.15) is 0 Å². The second-order valence-electron chi connectivity index (χ2n) is 6.75. The number of aliphatic hydroxyl groups is 1. The number of ether oxygens (including phenoxy) is 1. The molecule has 0 bridgehead atoms. The van der Waals surface area contributed by atoms with Crippen LogP contribution in [0.3, 0.4) is 0 Å². The lowest BCUT2D eigenvalue weighted by Gasteiger charge is -2.33. The van der Waals surface area contributed by atoms with Crippen molar-refractivity contribution in [3.8, 4) is 5.75 Å². The van der Waals surface area contributed by atoms with Crippen LogP contribution in [0.25, 0.3) is 0 Å². The lowest BCUT2D eigenvalue weighted by atomic mass is 9.84. The summed E-state index contributed by atoms with van der Waals surface area (Å²) in [6.45, 7) is 2.47. The fourth-order valence-corrected chi connectivity index (χ4v) is 3.22. The Morgan fingerprint density at radius 3 is 2.67 bits per heavy atom. The molecule has 2 N–H and O–H groups in total. The first-order chi connectivity index (χ1) is 11.1. The molecular weight excluding hydrogens is 329 g/mol. The molecule has 0 spiro atoms. The molecule has 1 saturated carbocycles. The first-order valence-electron chi connectivity index (χ1n) is 8.85. The van der Waals surface area contributed by atoms with Gasteiger partial charge in [-0.3, -0.25) is 0 Å². The van der Waals surface area contributed by atoms with E-state index in [2.05, 4.69) is 12.2 Å². The Labute approximate surface area is 151 Å². The van der Waals surface area contributed by atoms with Crippen molar-refractivity contribution >= 4 is 12.4 Å². The van der Waals surface area contributed by atoms with E-state index in [1.807, 2.05) is 24.3 Å². The molecule has 1 unspecified atom stereocenters. The van der Waals surface area contributed by atoms with E-state index in [-0.39, 0.29) is 19.0 Å². The van der Waals surface area contributed by atoms with Crippen LogP contribution < -0.4 is 10.1 Å². The predicted molar refractivity (Wildman–Crippen MR) is 99.0 cm³/mol. The summed E-state index contributed by atoms with van der Waals surface area (Å²) in [4.78, 5) is 0. The van der Waals surface area contributed by atoms with Crippen molar-refractivity contribution in [2.24, 2.45) is 0 Å². The van der Waals surface area contributed by atoms with Gasteiger partial charge < -0.3 is 15.2 Å². The molecule has 2 rings (SSSR count). The Kier molecular flexibility index (Phi) is 9.64. The van der Waals surface area contributed by atoms with Gasteiger partial charge in [-0.25, -0.2) is 4.39 Å². The maximum atomic E-state index is 12.3. The minimum absolute atomic E-state index is 0. The number of para-hydroxylation sites is 1. The van der Waals surface area contributed by atoms with Crippen LogP contribution in [0.1, 0.15) is 51.0 Å². The van der Waals surface area contributed by atoms with Gasteiger partial charge in [0.1, 0.15) is 19.0 Å². The van der Waals surface area contributed by atoms with Crippen molar-refractivity contribution in [2.45, 2.75) is 63.5 Å². The van der Waals surface area contributed by atoms with Gasteiger partial charge in [-0.15, -0.1) is 12.4 Å². The number of halogens is 2. The van der Waals surface area contributed by atoms with E-state index in [1.54, 1.807) is 0 Å². The summed E-state index contributed by atoms with van der Waals surface area (Å²) in [5.74, 6) is 0.781. The van der Waals surface area contributed by atoms with Gasteiger partial charge in [0.2, 0.25) is 0 Å². The molecule has 0 aliphatic heterocycles. The summed E-state index contributed by atoms with van der Waals surface area (Å²) >= 11 is 0. The Morgan fingerprint density at radius 1 is 1.25 bits per heavy atom. The van der Waals surface area contributed by atoms with Crippen molar-refractivity contribution in [2.75, 3.05) is 19.8 Å². The van der Waals surface area contributed by atoms with Crippen LogP contribution in [0.2, 0.25) is 0 Å². The standard InChI is InChI=1S/C19H30FNO2.ClH/c1-16(21-15-19(22)11-5-2-6-12-19)9-10-17-7-3-4-8-18(17)23-14-13-20;/h3-4,7-8,16,21-22H,2,5-6,9-15H2,1H3;1H. The van der Waals surface area contributed by atoms with Crippen LogP contribution in [0.5, 0.6) is 5.75 Å². The van der Waals surface area contributed by atoms with E-state index >= 15 is 0 Å². The molecule has 1 atom stereocenters. The number of rotatable bonds is 9. The van der Waals surface area contributed by atoms with Gasteiger partial charge in [0.15, 0.2) is 0 Å². The number of benzene rings is 1. The maximum absolute atomic E-state index is 12.3. The first-order valence-corrected chi connectivity index (χ1v) is 8.85. The Morgan fingerprint density at radius 2 is 1.96 bits per heavy atom. The average molecular weight is 360 g/mol. The molecule has 0 radical (unpaired) electrons. The van der Waals surface area contributed by atoms with E-state index < -0.39 is 12.3 Å². The summed E-state index contributed by atoms with van der Waals surface area (Å²) in [6, 6.07) is 8.16. The predicted octanol–water partition coefficient (Wildman–Crippen LogP) is 4.06. The summed E-state index contributed by atoms with van der Waals surface area (Å²) < 4.78 is 17.7. The summed E-state index contributed by atoms with van der Waals surface area (Å²) in [5, 5.41) is 14.0. The molecular formula is C19H31ClFNO2. The van der Waals surface area contributed by atoms with E-state index in [9.17, 15) is 9.50 Å². The van der Waals surface area contributed by atoms with E-state index in [0.29, 0.717) is 12.6 Å². The largest absolute Gasteiger partial charge is 0.491 e. The minimum atomic E-state index is -0.519. The molecule has 138 valence electrons. The summed E-state index contributed by atoms with van der Waals surface area (Å²) in [6.07, 6.45) is 7.17. The van der Waals surface area contributed by atoms with Gasteiger partial charge >= 0.3 is 0 Å². The number of aryl methyl sites for hydroxylation is 1. The molecule has 3 nitrogen and oxygen atoms in total. The lowest BCUT2D eigenvalue weighted by molar-refractivity contribution is 0.00287. The van der Waals surface area contributed by atoms with Crippen LogP contribution >= 0.6 is 12.4 Å². The number of nitrogens with one attached hydrogen (secondary N) is 1. The van der Waals surface area contributed by atoms with Crippen molar-refractivity contribution in [1.29, 1.82) is 0 Å². The summed E-state index contributed by atoms with van der Waals surface area (Å²) in [5.41, 5.74) is 0.597. The van der Waals surface area contributed by atoms with Crippen LogP contribution in [0.4, 0.5) is 4.39 Å². The monoisotopic (exact) mass is 359 g/mol. The molecule has 0 saturated heterocycles. The smallest absolute Gasteiger partial charge is 0.123 e. The fourth-order valence-electron chi connectivity index (χ4n) is 3.22. The average Bonchev–Trinajstić information content (AvgIpc) is 2.58. The van der Waals surface area contributed by atoms with Crippen molar-refractivity contribution in [1.82, 2.24) is 5.32 Å². The molecule has 1 aromatic rings.